The van der Waals surface area contributed by atoms with Gasteiger partial charge in [-0.05, 0) is 36.2 Å². The van der Waals surface area contributed by atoms with E-state index < -0.39 is 0 Å². The quantitative estimate of drug-likeness (QED) is 0.454. The maximum absolute atomic E-state index is 13.2. The summed E-state index contributed by atoms with van der Waals surface area (Å²) < 4.78 is 8.13. The van der Waals surface area contributed by atoms with E-state index in [9.17, 15) is 10.1 Å². The SMILES string of the molecule is N#Cc1ccc2cc1Oc1ccc3cccc(c3n1)N1CC[C@H](NCc3cncn3C2)C1=O. The molecule has 6 rings (SSSR count). The minimum Gasteiger partial charge on any atom is -0.438 e. The summed E-state index contributed by atoms with van der Waals surface area (Å²) in [5, 5.41) is 13.9. The van der Waals surface area contributed by atoms with Crippen molar-refractivity contribution in [3.05, 3.63) is 77.9 Å². The monoisotopic (exact) mass is 436 g/mol. The number of carbonyl (C=O) groups is 1. The van der Waals surface area contributed by atoms with Gasteiger partial charge in [-0.3, -0.25) is 4.79 Å². The van der Waals surface area contributed by atoms with Crippen LogP contribution in [0, 0.1) is 11.3 Å². The number of nitrogens with one attached hydrogen (secondary N) is 1. The lowest BCUT2D eigenvalue weighted by Gasteiger charge is -2.20. The number of rotatable bonds is 0. The van der Waals surface area contributed by atoms with Crippen LogP contribution in [0.5, 0.6) is 11.6 Å². The highest BCUT2D eigenvalue weighted by atomic mass is 16.5. The highest BCUT2D eigenvalue weighted by molar-refractivity contribution is 6.05. The summed E-state index contributed by atoms with van der Waals surface area (Å²) in [5.74, 6) is 0.856. The Morgan fingerprint density at radius 1 is 1.18 bits per heavy atom. The van der Waals surface area contributed by atoms with Gasteiger partial charge < -0.3 is 19.5 Å². The Bertz CT molecular complexity index is 1440. The predicted molar refractivity (Wildman–Crippen MR) is 122 cm³/mol. The fraction of sp³-hybridized carbons (Fsp3) is 0.200. The van der Waals surface area contributed by atoms with Gasteiger partial charge in [0, 0.05) is 37.3 Å². The van der Waals surface area contributed by atoms with Crippen molar-refractivity contribution in [1.29, 1.82) is 5.26 Å². The van der Waals surface area contributed by atoms with Gasteiger partial charge in [0.25, 0.3) is 0 Å². The van der Waals surface area contributed by atoms with Crippen molar-refractivity contribution in [1.82, 2.24) is 19.9 Å². The Morgan fingerprint density at radius 2 is 2.12 bits per heavy atom. The molecule has 8 heteroatoms. The minimum atomic E-state index is -0.266. The van der Waals surface area contributed by atoms with Gasteiger partial charge in [0.1, 0.15) is 11.8 Å². The predicted octanol–water partition coefficient (Wildman–Crippen LogP) is 3.35. The van der Waals surface area contributed by atoms with Crippen LogP contribution < -0.4 is 15.0 Å². The van der Waals surface area contributed by atoms with Gasteiger partial charge in [-0.1, -0.05) is 18.2 Å². The third kappa shape index (κ3) is 3.39. The number of aromatic nitrogens is 3. The van der Waals surface area contributed by atoms with E-state index in [0.29, 0.717) is 48.8 Å². The summed E-state index contributed by atoms with van der Waals surface area (Å²) in [6, 6.07) is 17.0. The van der Waals surface area contributed by atoms with Gasteiger partial charge in [0.05, 0.1) is 34.8 Å². The lowest BCUT2D eigenvalue weighted by Crippen LogP contribution is -2.38. The second-order valence-electron chi connectivity index (χ2n) is 8.27. The van der Waals surface area contributed by atoms with E-state index in [1.54, 1.807) is 23.4 Å². The van der Waals surface area contributed by atoms with Gasteiger partial charge >= 0.3 is 0 Å². The fourth-order valence-corrected chi connectivity index (χ4v) is 4.51. The molecule has 0 spiro atoms. The van der Waals surface area contributed by atoms with Crippen molar-refractivity contribution in [2.45, 2.75) is 25.6 Å². The first kappa shape index (κ1) is 19.5. The molecule has 1 N–H and O–H groups in total. The molecule has 2 aliphatic rings. The van der Waals surface area contributed by atoms with Gasteiger partial charge in [0.2, 0.25) is 11.8 Å². The Labute approximate surface area is 190 Å². The van der Waals surface area contributed by atoms with Gasteiger partial charge in [-0.2, -0.15) is 5.26 Å². The van der Waals surface area contributed by atoms with Crippen LogP contribution in [0.4, 0.5) is 5.69 Å². The number of para-hydroxylation sites is 1. The van der Waals surface area contributed by atoms with E-state index in [0.717, 1.165) is 22.3 Å². The molecule has 4 aromatic rings. The smallest absolute Gasteiger partial charge is 0.244 e. The first-order valence-electron chi connectivity index (χ1n) is 10.8. The van der Waals surface area contributed by atoms with E-state index in [-0.39, 0.29) is 11.9 Å². The van der Waals surface area contributed by atoms with Crippen LogP contribution in [0.25, 0.3) is 10.9 Å². The Balaban J connectivity index is 1.51. The van der Waals surface area contributed by atoms with E-state index in [1.165, 1.54) is 0 Å². The molecule has 1 amide bonds. The number of nitriles is 1. The van der Waals surface area contributed by atoms with Gasteiger partial charge in [0.15, 0.2) is 0 Å². The summed E-state index contributed by atoms with van der Waals surface area (Å²) in [6.07, 6.45) is 4.29. The summed E-state index contributed by atoms with van der Waals surface area (Å²) in [5.41, 5.74) is 3.84. The van der Waals surface area contributed by atoms with Crippen molar-refractivity contribution < 1.29 is 9.53 Å². The van der Waals surface area contributed by atoms with Gasteiger partial charge in [-0.25, -0.2) is 9.97 Å². The highest BCUT2D eigenvalue weighted by Gasteiger charge is 2.33. The maximum atomic E-state index is 13.2. The molecular weight excluding hydrogens is 416 g/mol. The van der Waals surface area contributed by atoms with Crippen LogP contribution in [0.15, 0.2) is 61.1 Å². The third-order valence-electron chi connectivity index (χ3n) is 6.23. The molecule has 0 radical (unpaired) electrons. The molecule has 162 valence electrons. The molecule has 1 saturated heterocycles. The molecule has 6 bridgehead atoms. The maximum Gasteiger partial charge on any atom is 0.244 e. The molecule has 0 aliphatic carbocycles. The zero-order chi connectivity index (χ0) is 22.4. The second kappa shape index (κ2) is 7.73. The Morgan fingerprint density at radius 3 is 3.03 bits per heavy atom. The number of anilines is 1. The van der Waals surface area contributed by atoms with E-state index in [2.05, 4.69) is 16.4 Å². The van der Waals surface area contributed by atoms with Gasteiger partial charge in [-0.15, -0.1) is 0 Å². The second-order valence-corrected chi connectivity index (χ2v) is 8.27. The normalized spacial score (nSPS) is 17.6. The number of fused-ring (bicyclic) bond motifs is 7. The molecule has 1 fully saturated rings. The Kier molecular flexibility index (Phi) is 4.56. The number of benzene rings is 2. The molecule has 1 atom stereocenters. The number of carbonyl (C=O) groups excluding carboxylic acids is 1. The van der Waals surface area contributed by atoms with E-state index >= 15 is 0 Å². The summed E-state index contributed by atoms with van der Waals surface area (Å²) in [7, 11) is 0. The first-order valence-corrected chi connectivity index (χ1v) is 10.8. The number of hydrogen-bond donors (Lipinski definition) is 1. The van der Waals surface area contributed by atoms with Crippen LogP contribution in [-0.4, -0.2) is 33.0 Å². The minimum absolute atomic E-state index is 0.0331. The number of imidazole rings is 1. The molecule has 2 aliphatic heterocycles. The summed E-state index contributed by atoms with van der Waals surface area (Å²) in [6.45, 7) is 1.71. The van der Waals surface area contributed by atoms with Crippen molar-refractivity contribution >= 4 is 22.5 Å². The molecule has 33 heavy (non-hydrogen) atoms. The first-order chi connectivity index (χ1) is 16.2. The van der Waals surface area contributed by atoms with E-state index in [4.69, 9.17) is 9.72 Å². The number of hydrogen-bond acceptors (Lipinski definition) is 6. The number of ether oxygens (including phenoxy) is 1. The van der Waals surface area contributed by atoms with Crippen LogP contribution >= 0.6 is 0 Å². The van der Waals surface area contributed by atoms with Crippen molar-refractivity contribution in [2.24, 2.45) is 0 Å². The third-order valence-corrected chi connectivity index (χ3v) is 6.23. The summed E-state index contributed by atoms with van der Waals surface area (Å²) >= 11 is 0. The molecule has 0 unspecified atom stereocenters. The van der Waals surface area contributed by atoms with Crippen molar-refractivity contribution in [3.8, 4) is 17.7 Å². The van der Waals surface area contributed by atoms with Crippen LogP contribution in [-0.2, 0) is 17.9 Å². The Hall–Kier alpha value is -4.22. The molecule has 8 nitrogen and oxygen atoms in total. The van der Waals surface area contributed by atoms with E-state index in [1.807, 2.05) is 47.2 Å². The molecule has 2 aromatic heterocycles. The van der Waals surface area contributed by atoms with Crippen molar-refractivity contribution in [3.63, 3.8) is 0 Å². The molecule has 4 heterocycles. The molecule has 0 saturated carbocycles. The average Bonchev–Trinajstić information content (AvgIpc) is 3.43. The summed E-state index contributed by atoms with van der Waals surface area (Å²) in [4.78, 5) is 24.1. The lowest BCUT2D eigenvalue weighted by atomic mass is 10.1. The average molecular weight is 436 g/mol. The highest BCUT2D eigenvalue weighted by Crippen LogP contribution is 2.32. The largest absolute Gasteiger partial charge is 0.438 e. The lowest BCUT2D eigenvalue weighted by molar-refractivity contribution is -0.118. The van der Waals surface area contributed by atoms with Crippen LogP contribution in [0.3, 0.4) is 0 Å². The zero-order valence-corrected chi connectivity index (χ0v) is 17.7. The van der Waals surface area contributed by atoms with Crippen molar-refractivity contribution in [2.75, 3.05) is 11.4 Å². The molecular formula is C25H20N6O2. The topological polar surface area (TPSA) is 96.1 Å². The standard InChI is InChI=1S/C25H20N6O2/c26-11-18-5-4-16-10-22(18)33-23-7-6-17-2-1-3-21(24(17)29-23)31-9-8-20(25(31)32)28-13-19-12-27-15-30(19)14-16/h1-7,10,12,15,20,28H,8-9,13-14H2/t20-/m0/s1. The fourth-order valence-electron chi connectivity index (χ4n) is 4.51. The number of amides is 1. The number of nitrogens with zero attached hydrogens (tertiary/aromatic N) is 5. The zero-order valence-electron chi connectivity index (χ0n) is 17.7. The van der Waals surface area contributed by atoms with Crippen LogP contribution in [0.2, 0.25) is 0 Å². The van der Waals surface area contributed by atoms with Crippen LogP contribution in [0.1, 0.15) is 23.2 Å². The molecule has 2 aromatic carbocycles. The number of pyridine rings is 1.